The smallest absolute Gasteiger partial charge is 0.322 e. The van der Waals surface area contributed by atoms with Gasteiger partial charge in [0.15, 0.2) is 0 Å². The van der Waals surface area contributed by atoms with Crippen LogP contribution in [-0.2, 0) is 17.0 Å². The lowest BCUT2D eigenvalue weighted by Gasteiger charge is -2.12. The standard InChI is InChI=1S/C15H11ClF3NO2S/c1-23(22)11-5-2-9(3-6-11)14(21)20-10-4-7-13(16)12(8-10)15(17,18)19/h2-8H,1H3,(H,20,21). The van der Waals surface area contributed by atoms with E-state index in [1.54, 1.807) is 0 Å². The zero-order valence-electron chi connectivity index (χ0n) is 11.8. The molecule has 2 aromatic rings. The molecule has 0 aliphatic heterocycles. The van der Waals surface area contributed by atoms with Crippen LogP contribution < -0.4 is 5.32 Å². The number of amides is 1. The predicted octanol–water partition coefficient (Wildman–Crippen LogP) is 4.35. The molecule has 1 atom stereocenters. The second kappa shape index (κ2) is 6.72. The first-order chi connectivity index (χ1) is 10.7. The van der Waals surface area contributed by atoms with Crippen LogP contribution in [0.5, 0.6) is 0 Å². The summed E-state index contributed by atoms with van der Waals surface area (Å²) in [6, 6.07) is 9.07. The first kappa shape index (κ1) is 17.5. The van der Waals surface area contributed by atoms with E-state index in [0.717, 1.165) is 12.1 Å². The molecule has 0 aliphatic carbocycles. The van der Waals surface area contributed by atoms with Crippen molar-refractivity contribution < 1.29 is 22.2 Å². The van der Waals surface area contributed by atoms with Crippen molar-refractivity contribution in [3.8, 4) is 0 Å². The van der Waals surface area contributed by atoms with Crippen LogP contribution in [0.1, 0.15) is 15.9 Å². The molecule has 0 fully saturated rings. The molecular formula is C15H11ClF3NO2S. The Bertz CT molecular complexity index is 760. The van der Waals surface area contributed by atoms with E-state index >= 15 is 0 Å². The number of hydrogen-bond acceptors (Lipinski definition) is 2. The van der Waals surface area contributed by atoms with E-state index in [-0.39, 0.29) is 11.3 Å². The van der Waals surface area contributed by atoms with E-state index in [1.807, 2.05) is 0 Å². The number of alkyl halides is 3. The fourth-order valence-electron chi connectivity index (χ4n) is 1.82. The van der Waals surface area contributed by atoms with E-state index < -0.39 is 33.5 Å². The minimum absolute atomic E-state index is 0.0186. The van der Waals surface area contributed by atoms with Crippen LogP contribution in [-0.4, -0.2) is 16.4 Å². The zero-order chi connectivity index (χ0) is 17.2. The summed E-state index contributed by atoms with van der Waals surface area (Å²) in [5, 5.41) is 1.93. The van der Waals surface area contributed by atoms with Crippen LogP contribution in [0.25, 0.3) is 0 Å². The summed E-state index contributed by atoms with van der Waals surface area (Å²) in [4.78, 5) is 12.6. The highest BCUT2D eigenvalue weighted by molar-refractivity contribution is 7.84. The van der Waals surface area contributed by atoms with Gasteiger partial charge in [-0.15, -0.1) is 0 Å². The minimum atomic E-state index is -4.61. The van der Waals surface area contributed by atoms with Gasteiger partial charge in [-0.2, -0.15) is 13.2 Å². The van der Waals surface area contributed by atoms with E-state index in [9.17, 15) is 22.2 Å². The average molecular weight is 362 g/mol. The average Bonchev–Trinajstić information content (AvgIpc) is 2.48. The molecule has 122 valence electrons. The van der Waals surface area contributed by atoms with E-state index in [4.69, 9.17) is 11.6 Å². The Labute approximate surface area is 137 Å². The molecule has 2 rings (SSSR count). The minimum Gasteiger partial charge on any atom is -0.322 e. The van der Waals surface area contributed by atoms with Gasteiger partial charge in [0, 0.05) is 33.2 Å². The summed E-state index contributed by atoms with van der Waals surface area (Å²) in [5.41, 5.74) is -0.800. The second-order valence-electron chi connectivity index (χ2n) is 4.63. The molecule has 1 amide bonds. The lowest BCUT2D eigenvalue weighted by molar-refractivity contribution is -0.137. The number of rotatable bonds is 3. The highest BCUT2D eigenvalue weighted by Gasteiger charge is 2.33. The van der Waals surface area contributed by atoms with Crippen molar-refractivity contribution in [2.45, 2.75) is 11.1 Å². The van der Waals surface area contributed by atoms with Crippen molar-refractivity contribution in [1.29, 1.82) is 0 Å². The SMILES string of the molecule is CS(=O)c1ccc(C(=O)Nc2ccc(Cl)c(C(F)(F)F)c2)cc1. The summed E-state index contributed by atoms with van der Waals surface area (Å²) in [6.45, 7) is 0. The second-order valence-corrected chi connectivity index (χ2v) is 6.41. The number of halogens is 4. The summed E-state index contributed by atoms with van der Waals surface area (Å²) in [7, 11) is -1.18. The van der Waals surface area contributed by atoms with Gasteiger partial charge in [-0.3, -0.25) is 9.00 Å². The van der Waals surface area contributed by atoms with Gasteiger partial charge in [0.2, 0.25) is 0 Å². The van der Waals surface area contributed by atoms with Gasteiger partial charge in [0.1, 0.15) is 0 Å². The van der Waals surface area contributed by atoms with Crippen LogP contribution in [0, 0.1) is 0 Å². The number of carbonyl (C=O) groups excluding carboxylic acids is 1. The Morgan fingerprint density at radius 2 is 1.74 bits per heavy atom. The first-order valence-corrected chi connectivity index (χ1v) is 8.23. The van der Waals surface area contributed by atoms with Crippen molar-refractivity contribution >= 4 is 34.0 Å². The molecule has 2 aromatic carbocycles. The molecule has 3 nitrogen and oxygen atoms in total. The molecule has 0 radical (unpaired) electrons. The quantitative estimate of drug-likeness (QED) is 0.883. The molecule has 0 heterocycles. The van der Waals surface area contributed by atoms with Crippen molar-refractivity contribution in [3.05, 3.63) is 58.6 Å². The maximum atomic E-state index is 12.8. The number of benzene rings is 2. The van der Waals surface area contributed by atoms with E-state index in [1.165, 1.54) is 36.6 Å². The molecule has 1 N–H and O–H groups in total. The fourth-order valence-corrected chi connectivity index (χ4v) is 2.57. The Morgan fingerprint density at radius 1 is 1.13 bits per heavy atom. The monoisotopic (exact) mass is 361 g/mol. The third-order valence-electron chi connectivity index (χ3n) is 2.98. The van der Waals surface area contributed by atoms with Crippen LogP contribution in [0.15, 0.2) is 47.4 Å². The Kier molecular flexibility index (Phi) is 5.11. The maximum absolute atomic E-state index is 12.8. The molecule has 1 unspecified atom stereocenters. The van der Waals surface area contributed by atoms with Gasteiger partial charge in [-0.25, -0.2) is 0 Å². The van der Waals surface area contributed by atoms with Gasteiger partial charge in [0.25, 0.3) is 5.91 Å². The van der Waals surface area contributed by atoms with Crippen LogP contribution in [0.3, 0.4) is 0 Å². The normalized spacial score (nSPS) is 12.7. The van der Waals surface area contributed by atoms with Crippen molar-refractivity contribution in [2.24, 2.45) is 0 Å². The highest BCUT2D eigenvalue weighted by Crippen LogP contribution is 2.36. The first-order valence-electron chi connectivity index (χ1n) is 6.30. The Hall–Kier alpha value is -1.86. The molecular weight excluding hydrogens is 351 g/mol. The molecule has 8 heteroatoms. The van der Waals surface area contributed by atoms with Crippen LogP contribution >= 0.6 is 11.6 Å². The summed E-state index contributed by atoms with van der Waals surface area (Å²) >= 11 is 5.52. The molecule has 23 heavy (non-hydrogen) atoms. The zero-order valence-corrected chi connectivity index (χ0v) is 13.4. The highest BCUT2D eigenvalue weighted by atomic mass is 35.5. The molecule has 0 aliphatic rings. The number of hydrogen-bond donors (Lipinski definition) is 1. The fraction of sp³-hybridized carbons (Fsp3) is 0.133. The molecule has 0 spiro atoms. The van der Waals surface area contributed by atoms with Gasteiger partial charge in [-0.1, -0.05) is 11.6 Å². The van der Waals surface area contributed by atoms with Gasteiger partial charge < -0.3 is 5.32 Å². The third kappa shape index (κ3) is 4.33. The van der Waals surface area contributed by atoms with Crippen LogP contribution in [0.2, 0.25) is 5.02 Å². The molecule has 0 saturated heterocycles. The van der Waals surface area contributed by atoms with E-state index in [2.05, 4.69) is 5.32 Å². The maximum Gasteiger partial charge on any atom is 0.417 e. The van der Waals surface area contributed by atoms with Gasteiger partial charge in [-0.05, 0) is 42.5 Å². The lowest BCUT2D eigenvalue weighted by atomic mass is 10.1. The van der Waals surface area contributed by atoms with Crippen LogP contribution in [0.4, 0.5) is 18.9 Å². The topological polar surface area (TPSA) is 46.2 Å². The largest absolute Gasteiger partial charge is 0.417 e. The predicted molar refractivity (Wildman–Crippen MR) is 83.2 cm³/mol. The number of anilines is 1. The Morgan fingerprint density at radius 3 is 2.26 bits per heavy atom. The van der Waals surface area contributed by atoms with E-state index in [0.29, 0.717) is 4.90 Å². The number of nitrogens with one attached hydrogen (secondary N) is 1. The lowest BCUT2D eigenvalue weighted by Crippen LogP contribution is -2.13. The molecule has 0 aromatic heterocycles. The summed E-state index contributed by atoms with van der Waals surface area (Å²) < 4.78 is 49.6. The van der Waals surface area contributed by atoms with Gasteiger partial charge >= 0.3 is 6.18 Å². The third-order valence-corrected chi connectivity index (χ3v) is 4.24. The number of carbonyl (C=O) groups is 1. The van der Waals surface area contributed by atoms with Crippen molar-refractivity contribution in [3.63, 3.8) is 0 Å². The molecule has 0 saturated carbocycles. The van der Waals surface area contributed by atoms with Crippen molar-refractivity contribution in [2.75, 3.05) is 11.6 Å². The Balaban J connectivity index is 2.22. The molecule has 0 bridgehead atoms. The van der Waals surface area contributed by atoms with Gasteiger partial charge in [0.05, 0.1) is 10.6 Å². The summed E-state index contributed by atoms with van der Waals surface area (Å²) in [6.07, 6.45) is -3.11. The summed E-state index contributed by atoms with van der Waals surface area (Å²) in [5.74, 6) is -0.575. The van der Waals surface area contributed by atoms with Crippen molar-refractivity contribution in [1.82, 2.24) is 0 Å².